The van der Waals surface area contributed by atoms with Gasteiger partial charge in [-0.25, -0.2) is 0 Å². The standard InChI is InChI=1S/C16H34N2O4/c1-3-4-5-6-7-8-9-10-11-12-15(19)17-14(2)18(22)13-16(20)21/h14,16,18,20-21H,3-13H2,1-2H3,(H,17,19). The molecule has 0 saturated carbocycles. The Morgan fingerprint density at radius 2 is 1.55 bits per heavy atom. The van der Waals surface area contributed by atoms with Crippen molar-refractivity contribution in [3.63, 3.8) is 0 Å². The number of carbonyl (C=O) groups is 1. The van der Waals surface area contributed by atoms with E-state index in [0.29, 0.717) is 6.42 Å². The Bertz CT molecular complexity index is 275. The number of hydrogen-bond donors (Lipinski definition) is 4. The van der Waals surface area contributed by atoms with E-state index < -0.39 is 12.5 Å². The molecule has 0 aromatic heterocycles. The molecule has 0 aromatic rings. The lowest BCUT2D eigenvalue weighted by Gasteiger charge is -2.29. The molecule has 132 valence electrons. The highest BCUT2D eigenvalue weighted by Crippen LogP contribution is 2.10. The van der Waals surface area contributed by atoms with Crippen molar-refractivity contribution >= 4 is 5.91 Å². The molecule has 6 nitrogen and oxygen atoms in total. The average Bonchev–Trinajstić information content (AvgIpc) is 2.44. The number of aliphatic hydroxyl groups excluding tert-OH is 1. The molecule has 6 heteroatoms. The zero-order chi connectivity index (χ0) is 16.8. The molecule has 0 aromatic carbocycles. The van der Waals surface area contributed by atoms with Crippen LogP contribution >= 0.6 is 0 Å². The minimum atomic E-state index is -1.65. The van der Waals surface area contributed by atoms with Crippen molar-refractivity contribution in [2.45, 2.75) is 90.5 Å². The largest absolute Gasteiger partial charge is 0.633 e. The maximum Gasteiger partial charge on any atom is 0.224 e. The lowest BCUT2D eigenvalue weighted by Crippen LogP contribution is -3.14. The summed E-state index contributed by atoms with van der Waals surface area (Å²) < 4.78 is 0. The zero-order valence-electron chi connectivity index (χ0n) is 14.1. The first-order chi connectivity index (χ1) is 10.5. The van der Waals surface area contributed by atoms with E-state index >= 15 is 0 Å². The van der Waals surface area contributed by atoms with Gasteiger partial charge in [0, 0.05) is 13.3 Å². The molecule has 0 aliphatic rings. The maximum absolute atomic E-state index is 11.7. The molecule has 0 saturated heterocycles. The number of hydrogen-bond acceptors (Lipinski definition) is 4. The third-order valence-corrected chi connectivity index (χ3v) is 3.75. The van der Waals surface area contributed by atoms with Crippen LogP contribution in [0.15, 0.2) is 0 Å². The molecular formula is C16H34N2O4. The highest BCUT2D eigenvalue weighted by Gasteiger charge is 2.14. The van der Waals surface area contributed by atoms with E-state index in [1.54, 1.807) is 6.92 Å². The van der Waals surface area contributed by atoms with Gasteiger partial charge in [-0.3, -0.25) is 4.79 Å². The van der Waals surface area contributed by atoms with Crippen molar-refractivity contribution in [2.75, 3.05) is 6.54 Å². The van der Waals surface area contributed by atoms with Gasteiger partial charge >= 0.3 is 0 Å². The molecule has 0 radical (unpaired) electrons. The fourth-order valence-electron chi connectivity index (χ4n) is 2.35. The summed E-state index contributed by atoms with van der Waals surface area (Å²) >= 11 is 0. The second kappa shape index (κ2) is 13.9. The SMILES string of the molecule is CCCCCCCCCCCC(=O)NC(C)[NH+]([O-])CC(O)O. The van der Waals surface area contributed by atoms with Crippen LogP contribution in [0.4, 0.5) is 0 Å². The van der Waals surface area contributed by atoms with Crippen LogP contribution in [0.1, 0.15) is 78.1 Å². The van der Waals surface area contributed by atoms with Crippen LogP contribution in [0.25, 0.3) is 0 Å². The second-order valence-corrected chi connectivity index (χ2v) is 6.02. The highest BCUT2D eigenvalue weighted by molar-refractivity contribution is 5.75. The van der Waals surface area contributed by atoms with Crippen molar-refractivity contribution < 1.29 is 20.1 Å². The molecule has 0 aliphatic heterocycles. The lowest BCUT2D eigenvalue weighted by molar-refractivity contribution is -0.882. The predicted molar refractivity (Wildman–Crippen MR) is 86.9 cm³/mol. The van der Waals surface area contributed by atoms with Crippen molar-refractivity contribution in [1.29, 1.82) is 0 Å². The topological polar surface area (TPSA) is 97.1 Å². The van der Waals surface area contributed by atoms with Gasteiger partial charge in [0.05, 0.1) is 0 Å². The molecule has 0 heterocycles. The van der Waals surface area contributed by atoms with E-state index in [0.717, 1.165) is 19.3 Å². The van der Waals surface area contributed by atoms with Gasteiger partial charge in [0.1, 0.15) is 6.54 Å². The molecule has 0 fully saturated rings. The number of hydroxylamine groups is 2. The summed E-state index contributed by atoms with van der Waals surface area (Å²) in [5.74, 6) is -0.142. The van der Waals surface area contributed by atoms with Gasteiger partial charge in [0.2, 0.25) is 12.2 Å². The van der Waals surface area contributed by atoms with E-state index in [1.807, 2.05) is 0 Å². The second-order valence-electron chi connectivity index (χ2n) is 6.02. The van der Waals surface area contributed by atoms with Crippen molar-refractivity contribution in [1.82, 2.24) is 5.32 Å². The molecule has 4 N–H and O–H groups in total. The third kappa shape index (κ3) is 13.0. The molecular weight excluding hydrogens is 284 g/mol. The van der Waals surface area contributed by atoms with Crippen LogP contribution in [0.3, 0.4) is 0 Å². The van der Waals surface area contributed by atoms with Gasteiger partial charge in [0.25, 0.3) is 0 Å². The normalized spacial score (nSPS) is 14.1. The lowest BCUT2D eigenvalue weighted by atomic mass is 10.1. The fraction of sp³-hybridized carbons (Fsp3) is 0.938. The van der Waals surface area contributed by atoms with Crippen molar-refractivity contribution in [2.24, 2.45) is 0 Å². The first-order valence-corrected chi connectivity index (χ1v) is 8.65. The number of rotatable bonds is 14. The quantitative estimate of drug-likeness (QED) is 0.219. The summed E-state index contributed by atoms with van der Waals surface area (Å²) in [6, 6.07) is 0. The number of quaternary nitrogens is 1. The predicted octanol–water partition coefficient (Wildman–Crippen LogP) is 1.06. The number of unbranched alkanes of at least 4 members (excludes halogenated alkanes) is 8. The van der Waals surface area contributed by atoms with Gasteiger partial charge < -0.3 is 25.8 Å². The molecule has 1 amide bonds. The summed E-state index contributed by atoms with van der Waals surface area (Å²) in [6.07, 6.45) is 8.89. The molecule has 2 atom stereocenters. The Morgan fingerprint density at radius 3 is 2.05 bits per heavy atom. The van der Waals surface area contributed by atoms with Crippen LogP contribution in [-0.2, 0) is 4.79 Å². The fourth-order valence-corrected chi connectivity index (χ4v) is 2.35. The Hall–Kier alpha value is -0.690. The molecule has 0 rings (SSSR count). The summed E-state index contributed by atoms with van der Waals surface area (Å²) in [5, 5.41) is 31.2. The molecule has 2 unspecified atom stereocenters. The van der Waals surface area contributed by atoms with Gasteiger partial charge in [-0.1, -0.05) is 58.3 Å². The Kier molecular flexibility index (Phi) is 13.5. The van der Waals surface area contributed by atoms with Crippen LogP contribution < -0.4 is 10.4 Å². The average molecular weight is 318 g/mol. The first kappa shape index (κ1) is 21.3. The third-order valence-electron chi connectivity index (χ3n) is 3.75. The molecule has 0 bridgehead atoms. The van der Waals surface area contributed by atoms with Crippen LogP contribution in [0.2, 0.25) is 0 Å². The summed E-state index contributed by atoms with van der Waals surface area (Å²) in [5.41, 5.74) is 0. The Balaban J connectivity index is 3.49. The Labute approximate surface area is 134 Å². The minimum absolute atomic E-state index is 0.142. The van der Waals surface area contributed by atoms with Gasteiger partial charge in [-0.2, -0.15) is 0 Å². The summed E-state index contributed by atoms with van der Waals surface area (Å²) in [4.78, 5) is 11.7. The monoisotopic (exact) mass is 318 g/mol. The van der Waals surface area contributed by atoms with Crippen molar-refractivity contribution in [3.8, 4) is 0 Å². The smallest absolute Gasteiger partial charge is 0.224 e. The number of carbonyl (C=O) groups excluding carboxylic acids is 1. The van der Waals surface area contributed by atoms with E-state index in [2.05, 4.69) is 12.2 Å². The first-order valence-electron chi connectivity index (χ1n) is 8.65. The summed E-state index contributed by atoms with van der Waals surface area (Å²) in [7, 11) is 0. The zero-order valence-corrected chi connectivity index (χ0v) is 14.1. The van der Waals surface area contributed by atoms with Gasteiger partial charge in [0.15, 0.2) is 6.17 Å². The van der Waals surface area contributed by atoms with Gasteiger partial charge in [-0.05, 0) is 6.42 Å². The number of nitrogens with one attached hydrogen (secondary N) is 2. The number of aliphatic hydroxyl groups is 2. The molecule has 22 heavy (non-hydrogen) atoms. The van der Waals surface area contributed by atoms with E-state index in [1.165, 1.54) is 38.5 Å². The Morgan fingerprint density at radius 1 is 1.05 bits per heavy atom. The highest BCUT2D eigenvalue weighted by atomic mass is 16.5. The van der Waals surface area contributed by atoms with Crippen LogP contribution in [0, 0.1) is 5.21 Å². The van der Waals surface area contributed by atoms with E-state index in [-0.39, 0.29) is 17.5 Å². The number of amides is 1. The van der Waals surface area contributed by atoms with Gasteiger partial charge in [-0.15, -0.1) is 0 Å². The van der Waals surface area contributed by atoms with Crippen LogP contribution in [0.5, 0.6) is 0 Å². The molecule has 0 spiro atoms. The van der Waals surface area contributed by atoms with Crippen molar-refractivity contribution in [3.05, 3.63) is 5.21 Å². The van der Waals surface area contributed by atoms with Crippen LogP contribution in [-0.4, -0.2) is 35.1 Å². The molecule has 0 aliphatic carbocycles. The maximum atomic E-state index is 11.7. The minimum Gasteiger partial charge on any atom is -0.633 e. The van der Waals surface area contributed by atoms with E-state index in [4.69, 9.17) is 10.2 Å². The van der Waals surface area contributed by atoms with E-state index in [9.17, 15) is 10.0 Å². The summed E-state index contributed by atoms with van der Waals surface area (Å²) in [6.45, 7) is 3.43.